The van der Waals surface area contributed by atoms with E-state index in [4.69, 9.17) is 37.3 Å². The predicted molar refractivity (Wildman–Crippen MR) is 194 cm³/mol. The minimum Gasteiger partial charge on any atom is -0.468 e. The summed E-state index contributed by atoms with van der Waals surface area (Å²) in [5.41, 5.74) is 1.59. The Kier molecular flexibility index (Phi) is 14.1. The van der Waals surface area contributed by atoms with Crippen LogP contribution in [0.4, 0.5) is 0 Å². The summed E-state index contributed by atoms with van der Waals surface area (Å²) in [6.45, 7) is 11.7. The van der Waals surface area contributed by atoms with Crippen molar-refractivity contribution in [1.29, 1.82) is 0 Å². The van der Waals surface area contributed by atoms with Crippen molar-refractivity contribution < 1.29 is 50.9 Å². The van der Waals surface area contributed by atoms with E-state index in [0.29, 0.717) is 36.7 Å². The van der Waals surface area contributed by atoms with Crippen molar-refractivity contribution in [3.8, 4) is 11.5 Å². The van der Waals surface area contributed by atoms with Crippen LogP contribution in [-0.2, 0) is 50.3 Å². The number of hydrogen-bond acceptors (Lipinski definition) is 11. The van der Waals surface area contributed by atoms with Gasteiger partial charge in [-0.25, -0.2) is 0 Å². The summed E-state index contributed by atoms with van der Waals surface area (Å²) in [4.78, 5) is 0. The molecule has 0 aromatic heterocycles. The molecule has 3 aromatic rings. The molecule has 0 saturated carbocycles. The van der Waals surface area contributed by atoms with Crippen LogP contribution in [-0.4, -0.2) is 84.2 Å². The van der Waals surface area contributed by atoms with Crippen molar-refractivity contribution in [3.05, 3.63) is 96.1 Å². The summed E-state index contributed by atoms with van der Waals surface area (Å²) >= 11 is 0. The summed E-state index contributed by atoms with van der Waals surface area (Å²) in [6, 6.07) is 27.0. The molecule has 2 aliphatic rings. The normalized spacial score (nSPS) is 27.2. The topological polar surface area (TPSA) is 128 Å². The average molecular weight is 745 g/mol. The second-order valence-corrected chi connectivity index (χ2v) is 21.6. The largest absolute Gasteiger partial charge is 0.468 e. The van der Waals surface area contributed by atoms with Crippen molar-refractivity contribution in [2.45, 2.75) is 114 Å². The van der Waals surface area contributed by atoms with Crippen LogP contribution in [0.3, 0.4) is 0 Å². The van der Waals surface area contributed by atoms with E-state index in [0.717, 1.165) is 11.6 Å². The first-order valence-corrected chi connectivity index (χ1v) is 22.8. The molecule has 2 fully saturated rings. The van der Waals surface area contributed by atoms with Gasteiger partial charge in [-0.15, -0.1) is 0 Å². The first kappa shape index (κ1) is 39.4. The third-order valence-electron chi connectivity index (χ3n) is 8.72. The smallest absolute Gasteiger partial charge is 0.271 e. The second kappa shape index (κ2) is 18.3. The minimum absolute atomic E-state index is 0.00218. The number of benzene rings is 3. The Morgan fingerprint density at radius 2 is 1.39 bits per heavy atom. The van der Waals surface area contributed by atoms with Crippen LogP contribution in [0.15, 0.2) is 84.9 Å². The lowest BCUT2D eigenvalue weighted by Gasteiger charge is -2.44. The molecule has 0 spiro atoms. The summed E-state index contributed by atoms with van der Waals surface area (Å²) in [6.07, 6.45) is -5.61. The van der Waals surface area contributed by atoms with Gasteiger partial charge in [0.2, 0.25) is 6.29 Å². The van der Waals surface area contributed by atoms with E-state index in [-0.39, 0.29) is 19.0 Å². The Morgan fingerprint density at radius 3 is 2.04 bits per heavy atom. The lowest BCUT2D eigenvalue weighted by molar-refractivity contribution is -0.307. The number of ether oxygens (including phenoxy) is 7. The molecular formula is C38H52O11SSi. The molecule has 280 valence electrons. The molecule has 3 aromatic carbocycles. The lowest BCUT2D eigenvalue weighted by Crippen LogP contribution is -2.55. The zero-order chi connectivity index (χ0) is 36.4. The molecule has 2 aliphatic heterocycles. The van der Waals surface area contributed by atoms with E-state index in [1.807, 2.05) is 67.6 Å². The highest BCUT2D eigenvalue weighted by atomic mass is 32.2. The Morgan fingerprint density at radius 1 is 0.784 bits per heavy atom. The molecule has 51 heavy (non-hydrogen) atoms. The second-order valence-electron chi connectivity index (χ2n) is 14.3. The van der Waals surface area contributed by atoms with Crippen molar-refractivity contribution in [3.63, 3.8) is 0 Å². The van der Waals surface area contributed by atoms with Crippen molar-refractivity contribution in [2.24, 2.45) is 0 Å². The summed E-state index contributed by atoms with van der Waals surface area (Å²) < 4.78 is 73.9. The summed E-state index contributed by atoms with van der Waals surface area (Å²) in [5, 5.41) is 11.0. The van der Waals surface area contributed by atoms with Gasteiger partial charge in [0, 0.05) is 27.5 Å². The maximum atomic E-state index is 12.8. The van der Waals surface area contributed by atoms with Crippen LogP contribution >= 0.6 is 0 Å². The number of aliphatic hydroxyl groups is 1. The fourth-order valence-corrected chi connectivity index (χ4v) is 7.98. The molecular weight excluding hydrogens is 693 g/mol. The van der Waals surface area contributed by atoms with Crippen LogP contribution in [0.25, 0.3) is 0 Å². The molecule has 13 heteroatoms. The van der Waals surface area contributed by atoms with E-state index in [1.165, 1.54) is 0 Å². The molecule has 0 unspecified atom stereocenters. The monoisotopic (exact) mass is 744 g/mol. The Bertz CT molecular complexity index is 1560. The molecule has 8 atom stereocenters. The number of rotatable bonds is 17. The molecule has 1 N–H and O–H groups in total. The maximum Gasteiger partial charge on any atom is 0.271 e. The highest BCUT2D eigenvalue weighted by Crippen LogP contribution is 2.33. The molecule has 0 aliphatic carbocycles. The zero-order valence-corrected chi connectivity index (χ0v) is 31.9. The van der Waals surface area contributed by atoms with Gasteiger partial charge in [-0.2, -0.15) is 8.42 Å². The molecule has 0 bridgehead atoms. The van der Waals surface area contributed by atoms with Gasteiger partial charge in [-0.05, 0) is 55.3 Å². The van der Waals surface area contributed by atoms with Gasteiger partial charge in [0.25, 0.3) is 10.1 Å². The standard InChI is InChI=1S/C38H52O11SSi/c1-27-37(49-50(40,41)25-30-14-10-7-11-15-30)33(39)22-35(45-27)48-38-28(2)46-36(23-34(38)43-24-29-12-8-6-9-13-29)47-32-18-16-31(17-19-32)44-26-42-20-21-51(3,4)5/h6-19,27-28,33-39H,20-26H2,1-5H3/t27-,28-,33-,34-,35+,36+,37-,38-/m1/s1. The van der Waals surface area contributed by atoms with E-state index in [2.05, 4.69) is 19.6 Å². The van der Waals surface area contributed by atoms with Gasteiger partial charge < -0.3 is 38.3 Å². The summed E-state index contributed by atoms with van der Waals surface area (Å²) in [7, 11) is -5.14. The van der Waals surface area contributed by atoms with Gasteiger partial charge in [-0.1, -0.05) is 80.3 Å². The van der Waals surface area contributed by atoms with Gasteiger partial charge in [0.1, 0.15) is 29.5 Å². The molecule has 0 radical (unpaired) electrons. The van der Waals surface area contributed by atoms with Crippen molar-refractivity contribution in [2.75, 3.05) is 13.4 Å². The minimum atomic E-state index is -3.99. The quantitative estimate of drug-likeness (QED) is 0.0727. The van der Waals surface area contributed by atoms with Gasteiger partial charge in [0.15, 0.2) is 13.1 Å². The Labute approximate surface area is 303 Å². The van der Waals surface area contributed by atoms with E-state index in [1.54, 1.807) is 31.2 Å². The third-order valence-corrected chi connectivity index (χ3v) is 11.6. The van der Waals surface area contributed by atoms with E-state index < -0.39 is 67.4 Å². The maximum absolute atomic E-state index is 12.8. The number of aliphatic hydroxyl groups excluding tert-OH is 1. The van der Waals surface area contributed by atoms with Gasteiger partial charge in [0.05, 0.1) is 31.0 Å². The highest BCUT2D eigenvalue weighted by Gasteiger charge is 2.45. The SMILES string of the molecule is C[C@H]1O[C@@H](Oc2ccc(OCOCC[Si](C)(C)C)cc2)C[C@@H](OCc2ccccc2)[C@@H]1O[C@H]1C[C@@H](O)[C@H](OS(=O)(=O)Cc2ccccc2)[C@@H](C)O1. The highest BCUT2D eigenvalue weighted by molar-refractivity contribution is 7.85. The van der Waals surface area contributed by atoms with Crippen LogP contribution in [0.1, 0.15) is 37.8 Å². The molecule has 11 nitrogen and oxygen atoms in total. The van der Waals surface area contributed by atoms with Gasteiger partial charge >= 0.3 is 0 Å². The molecule has 0 amide bonds. The zero-order valence-electron chi connectivity index (χ0n) is 30.1. The lowest BCUT2D eigenvalue weighted by atomic mass is 10.00. The molecule has 2 saturated heterocycles. The van der Waals surface area contributed by atoms with Crippen LogP contribution < -0.4 is 9.47 Å². The Hall–Kier alpha value is -2.85. The average Bonchev–Trinajstić information content (AvgIpc) is 3.07. The summed E-state index contributed by atoms with van der Waals surface area (Å²) in [5.74, 6) is 0.980. The van der Waals surface area contributed by atoms with E-state index in [9.17, 15) is 13.5 Å². The molecule has 5 rings (SSSR count). The first-order chi connectivity index (χ1) is 24.3. The van der Waals surface area contributed by atoms with Crippen molar-refractivity contribution >= 4 is 18.2 Å². The van der Waals surface area contributed by atoms with E-state index >= 15 is 0 Å². The third kappa shape index (κ3) is 12.7. The fraction of sp³-hybridized carbons (Fsp3) is 0.526. The van der Waals surface area contributed by atoms with Crippen LogP contribution in [0, 0.1) is 0 Å². The van der Waals surface area contributed by atoms with Crippen molar-refractivity contribution in [1.82, 2.24) is 0 Å². The van der Waals surface area contributed by atoms with Crippen LogP contribution in [0.2, 0.25) is 25.7 Å². The fourth-order valence-electron chi connectivity index (χ4n) is 5.93. The first-order valence-electron chi connectivity index (χ1n) is 17.6. The predicted octanol–water partition coefficient (Wildman–Crippen LogP) is 6.27. The molecule has 2 heterocycles. The Balaban J connectivity index is 1.17. The van der Waals surface area contributed by atoms with Crippen LogP contribution in [0.5, 0.6) is 11.5 Å². The number of hydrogen-bond donors (Lipinski definition) is 1. The van der Waals surface area contributed by atoms with Gasteiger partial charge in [-0.3, -0.25) is 4.18 Å².